The van der Waals surface area contributed by atoms with Crippen LogP contribution >= 0.6 is 23.2 Å². The van der Waals surface area contributed by atoms with Crippen LogP contribution in [0.25, 0.3) is 0 Å². The van der Waals surface area contributed by atoms with Crippen LogP contribution in [0.4, 0.5) is 0 Å². The third kappa shape index (κ3) is 2.89. The van der Waals surface area contributed by atoms with Crippen molar-refractivity contribution < 1.29 is 14.3 Å². The molecule has 0 aliphatic carbocycles. The Hall–Kier alpha value is -1.71. The van der Waals surface area contributed by atoms with E-state index in [1.807, 2.05) is 0 Å². The van der Waals surface area contributed by atoms with E-state index in [2.05, 4.69) is 0 Å². The molecule has 0 aliphatic heterocycles. The van der Waals surface area contributed by atoms with Gasteiger partial charge in [-0.3, -0.25) is 4.79 Å². The van der Waals surface area contributed by atoms with Gasteiger partial charge in [0.05, 0.1) is 19.2 Å². The molecule has 0 heterocycles. The molecule has 0 amide bonds. The molecule has 0 fully saturated rings. The summed E-state index contributed by atoms with van der Waals surface area (Å²) in [5, 5.41) is 0.819. The van der Waals surface area contributed by atoms with E-state index in [9.17, 15) is 4.79 Å². The standard InChI is InChI=1S/C15H12Cl2O3/c1-19-13-8-10(7-12(17)15(13)20-2)14(18)9-4-3-5-11(16)6-9/h3-8H,1-2H3. The lowest BCUT2D eigenvalue weighted by molar-refractivity contribution is 0.103. The number of methoxy groups -OCH3 is 2. The van der Waals surface area contributed by atoms with Crippen LogP contribution in [0.3, 0.4) is 0 Å². The fourth-order valence-corrected chi connectivity index (χ4v) is 2.32. The molecule has 0 unspecified atom stereocenters. The quantitative estimate of drug-likeness (QED) is 0.792. The Bertz CT molecular complexity index is 654. The van der Waals surface area contributed by atoms with Crippen molar-refractivity contribution in [2.24, 2.45) is 0 Å². The van der Waals surface area contributed by atoms with Gasteiger partial charge < -0.3 is 9.47 Å². The summed E-state index contributed by atoms with van der Waals surface area (Å²) in [5.41, 5.74) is 0.899. The zero-order chi connectivity index (χ0) is 14.7. The van der Waals surface area contributed by atoms with E-state index in [1.165, 1.54) is 14.2 Å². The van der Waals surface area contributed by atoms with Crippen LogP contribution in [0.1, 0.15) is 15.9 Å². The zero-order valence-corrected chi connectivity index (χ0v) is 12.5. The monoisotopic (exact) mass is 310 g/mol. The van der Waals surface area contributed by atoms with E-state index in [0.717, 1.165) is 0 Å². The van der Waals surface area contributed by atoms with E-state index in [1.54, 1.807) is 36.4 Å². The number of hydrogen-bond donors (Lipinski definition) is 0. The van der Waals surface area contributed by atoms with Gasteiger partial charge in [0.2, 0.25) is 0 Å². The molecule has 2 aromatic rings. The molecule has 0 aromatic heterocycles. The molecule has 0 radical (unpaired) electrons. The summed E-state index contributed by atoms with van der Waals surface area (Å²) in [5.74, 6) is 0.623. The molecule has 5 heteroatoms. The molecule has 0 bridgehead atoms. The first kappa shape index (κ1) is 14.7. The maximum absolute atomic E-state index is 12.4. The number of carbonyl (C=O) groups excluding carboxylic acids is 1. The summed E-state index contributed by atoms with van der Waals surface area (Å²) in [4.78, 5) is 12.4. The fourth-order valence-electron chi connectivity index (χ4n) is 1.85. The van der Waals surface area contributed by atoms with Crippen molar-refractivity contribution in [3.8, 4) is 11.5 Å². The predicted molar refractivity (Wildman–Crippen MR) is 79.4 cm³/mol. The number of hydrogen-bond acceptors (Lipinski definition) is 3. The van der Waals surface area contributed by atoms with Gasteiger partial charge >= 0.3 is 0 Å². The van der Waals surface area contributed by atoms with Gasteiger partial charge in [-0.25, -0.2) is 0 Å². The first-order valence-corrected chi connectivity index (χ1v) is 6.54. The molecular formula is C15H12Cl2O3. The van der Waals surface area contributed by atoms with Crippen LogP contribution in [0.5, 0.6) is 11.5 Å². The normalized spacial score (nSPS) is 10.2. The summed E-state index contributed by atoms with van der Waals surface area (Å²) in [6.45, 7) is 0. The van der Waals surface area contributed by atoms with Crippen molar-refractivity contribution in [3.63, 3.8) is 0 Å². The third-order valence-electron chi connectivity index (χ3n) is 2.78. The van der Waals surface area contributed by atoms with Crippen molar-refractivity contribution in [2.75, 3.05) is 14.2 Å². The Morgan fingerprint density at radius 2 is 1.75 bits per heavy atom. The average Bonchev–Trinajstić information content (AvgIpc) is 2.45. The second-order valence-corrected chi connectivity index (χ2v) is 4.88. The number of ether oxygens (including phenoxy) is 2. The highest BCUT2D eigenvalue weighted by Gasteiger charge is 2.16. The van der Waals surface area contributed by atoms with Gasteiger partial charge in [0.25, 0.3) is 0 Å². The first-order chi connectivity index (χ1) is 9.56. The molecule has 0 aliphatic rings. The second-order valence-electron chi connectivity index (χ2n) is 4.03. The highest BCUT2D eigenvalue weighted by Crippen LogP contribution is 2.36. The van der Waals surface area contributed by atoms with Crippen molar-refractivity contribution in [1.29, 1.82) is 0 Å². The molecule has 0 saturated heterocycles. The number of carbonyl (C=O) groups is 1. The molecule has 0 saturated carbocycles. The molecule has 0 atom stereocenters. The number of ketones is 1. The van der Waals surface area contributed by atoms with Gasteiger partial charge in [-0.1, -0.05) is 35.3 Å². The fraction of sp³-hybridized carbons (Fsp3) is 0.133. The van der Waals surface area contributed by atoms with E-state index in [-0.39, 0.29) is 5.78 Å². The van der Waals surface area contributed by atoms with Crippen LogP contribution in [-0.2, 0) is 0 Å². The predicted octanol–water partition coefficient (Wildman–Crippen LogP) is 4.24. The molecule has 2 aromatic carbocycles. The average molecular weight is 311 g/mol. The summed E-state index contributed by atoms with van der Waals surface area (Å²) < 4.78 is 10.3. The third-order valence-corrected chi connectivity index (χ3v) is 3.30. The molecule has 0 N–H and O–H groups in total. The second kappa shape index (κ2) is 6.16. The molecule has 20 heavy (non-hydrogen) atoms. The highest BCUT2D eigenvalue weighted by atomic mass is 35.5. The van der Waals surface area contributed by atoms with E-state index in [4.69, 9.17) is 32.7 Å². The lowest BCUT2D eigenvalue weighted by Gasteiger charge is -2.11. The maximum atomic E-state index is 12.4. The SMILES string of the molecule is COc1cc(C(=O)c2cccc(Cl)c2)cc(Cl)c1OC. The van der Waals surface area contributed by atoms with Crippen LogP contribution in [0.15, 0.2) is 36.4 Å². The van der Waals surface area contributed by atoms with Crippen LogP contribution in [0.2, 0.25) is 10.0 Å². The number of benzene rings is 2. The van der Waals surface area contributed by atoms with Crippen molar-refractivity contribution >= 4 is 29.0 Å². The van der Waals surface area contributed by atoms with Crippen LogP contribution in [0, 0.1) is 0 Å². The zero-order valence-electron chi connectivity index (χ0n) is 10.9. The Morgan fingerprint density at radius 1 is 1.00 bits per heavy atom. The number of rotatable bonds is 4. The highest BCUT2D eigenvalue weighted by molar-refractivity contribution is 6.33. The minimum absolute atomic E-state index is 0.185. The Balaban J connectivity index is 2.48. The smallest absolute Gasteiger partial charge is 0.193 e. The minimum Gasteiger partial charge on any atom is -0.493 e. The van der Waals surface area contributed by atoms with Gasteiger partial charge in [-0.2, -0.15) is 0 Å². The molecule has 104 valence electrons. The summed E-state index contributed by atoms with van der Waals surface area (Å²) in [6, 6.07) is 9.87. The largest absolute Gasteiger partial charge is 0.493 e. The maximum Gasteiger partial charge on any atom is 0.193 e. The Kier molecular flexibility index (Phi) is 4.53. The van der Waals surface area contributed by atoms with Crippen LogP contribution in [-0.4, -0.2) is 20.0 Å². The summed E-state index contributed by atoms with van der Waals surface area (Å²) in [6.07, 6.45) is 0. The lowest BCUT2D eigenvalue weighted by Crippen LogP contribution is -2.03. The van der Waals surface area contributed by atoms with Gasteiger partial charge in [0, 0.05) is 16.1 Å². The van der Waals surface area contributed by atoms with Crippen molar-refractivity contribution in [2.45, 2.75) is 0 Å². The van der Waals surface area contributed by atoms with Crippen molar-refractivity contribution in [3.05, 3.63) is 57.6 Å². The minimum atomic E-state index is -0.185. The number of halogens is 2. The summed E-state index contributed by atoms with van der Waals surface area (Å²) >= 11 is 12.0. The van der Waals surface area contributed by atoms with Crippen LogP contribution < -0.4 is 9.47 Å². The van der Waals surface area contributed by atoms with E-state index >= 15 is 0 Å². The van der Waals surface area contributed by atoms with Gasteiger partial charge in [0.1, 0.15) is 0 Å². The lowest BCUT2D eigenvalue weighted by atomic mass is 10.0. The molecule has 3 nitrogen and oxygen atoms in total. The van der Waals surface area contributed by atoms with Gasteiger partial charge in [0.15, 0.2) is 17.3 Å². The van der Waals surface area contributed by atoms with E-state index in [0.29, 0.717) is 32.7 Å². The summed E-state index contributed by atoms with van der Waals surface area (Å²) in [7, 11) is 2.98. The molecular weight excluding hydrogens is 299 g/mol. The Labute approximate surface area is 127 Å². The molecule has 0 spiro atoms. The van der Waals surface area contributed by atoms with Crippen molar-refractivity contribution in [1.82, 2.24) is 0 Å². The van der Waals surface area contributed by atoms with Gasteiger partial charge in [-0.15, -0.1) is 0 Å². The van der Waals surface area contributed by atoms with E-state index < -0.39 is 0 Å². The van der Waals surface area contributed by atoms with Gasteiger partial charge in [-0.05, 0) is 24.3 Å². The first-order valence-electron chi connectivity index (χ1n) is 5.78. The Morgan fingerprint density at radius 3 is 2.35 bits per heavy atom. The topological polar surface area (TPSA) is 35.5 Å². The molecule has 2 rings (SSSR count).